The fraction of sp³-hybridized carbons (Fsp3) is 0.500. The molecule has 5 heteroatoms. The third-order valence-corrected chi connectivity index (χ3v) is 2.74. The van der Waals surface area contributed by atoms with E-state index in [1.807, 2.05) is 6.08 Å². The first-order valence-corrected chi connectivity index (χ1v) is 6.71. The van der Waals surface area contributed by atoms with E-state index in [2.05, 4.69) is 24.9 Å². The zero-order valence-corrected chi connectivity index (χ0v) is 12.4. The molecule has 1 N–H and O–H groups in total. The molecular formula is C14H21NO3S. The number of rotatable bonds is 8. The quantitative estimate of drug-likeness (QED) is 0.310. The highest BCUT2D eigenvalue weighted by Gasteiger charge is 2.28. The van der Waals surface area contributed by atoms with Gasteiger partial charge in [0.05, 0.1) is 0 Å². The lowest BCUT2D eigenvalue weighted by Crippen LogP contribution is -2.42. The average Bonchev–Trinajstić information content (AvgIpc) is 2.27. The van der Waals surface area contributed by atoms with Gasteiger partial charge in [0, 0.05) is 13.0 Å². The molecule has 0 spiro atoms. The largest absolute Gasteiger partial charge is 0.353 e. The van der Waals surface area contributed by atoms with E-state index in [0.29, 0.717) is 0 Å². The van der Waals surface area contributed by atoms with Crippen molar-refractivity contribution in [1.29, 1.82) is 0 Å². The molecule has 0 saturated carbocycles. The standard InChI is InChI=1S/C14H21NO3S/c1-4-5-6-7-8-9-12(17)13(14(18)19)10(2)15-11(3)16/h6-10,13H,4-5H2,1-3H3,(H,15,16)(H,18,19)/t10-,13?/m0/s1. The summed E-state index contributed by atoms with van der Waals surface area (Å²) in [5.41, 5.74) is 0. The van der Waals surface area contributed by atoms with Crippen LogP contribution in [-0.2, 0) is 14.4 Å². The summed E-state index contributed by atoms with van der Waals surface area (Å²) in [5.74, 6) is -1.60. The van der Waals surface area contributed by atoms with Crippen molar-refractivity contribution in [3.05, 3.63) is 24.3 Å². The van der Waals surface area contributed by atoms with Crippen LogP contribution in [0.25, 0.3) is 0 Å². The lowest BCUT2D eigenvalue weighted by atomic mass is 9.97. The highest BCUT2D eigenvalue weighted by molar-refractivity contribution is 7.96. The number of thiol groups is 1. The van der Waals surface area contributed by atoms with Crippen LogP contribution in [0.2, 0.25) is 0 Å². The summed E-state index contributed by atoms with van der Waals surface area (Å²) in [4.78, 5) is 34.2. The van der Waals surface area contributed by atoms with Gasteiger partial charge >= 0.3 is 0 Å². The van der Waals surface area contributed by atoms with Crippen molar-refractivity contribution < 1.29 is 14.4 Å². The number of unbranched alkanes of at least 4 members (excludes halogenated alkanes) is 1. The molecule has 0 aliphatic rings. The SMILES string of the molecule is CCCC=CC=CC(=O)C(C(=O)S)[C@H](C)NC(C)=O. The molecule has 0 aromatic carbocycles. The predicted molar refractivity (Wildman–Crippen MR) is 79.0 cm³/mol. The molecule has 0 aromatic rings. The molecule has 0 radical (unpaired) electrons. The molecule has 1 unspecified atom stereocenters. The highest BCUT2D eigenvalue weighted by atomic mass is 32.1. The second-order valence-electron chi connectivity index (χ2n) is 4.28. The summed E-state index contributed by atoms with van der Waals surface area (Å²) in [5, 5.41) is 1.99. The van der Waals surface area contributed by atoms with Crippen LogP contribution < -0.4 is 5.32 Å². The molecule has 0 saturated heterocycles. The molecule has 0 aliphatic carbocycles. The van der Waals surface area contributed by atoms with Gasteiger partial charge in [-0.15, -0.1) is 12.6 Å². The molecule has 0 heterocycles. The van der Waals surface area contributed by atoms with E-state index in [0.717, 1.165) is 12.8 Å². The Morgan fingerprint density at radius 2 is 1.89 bits per heavy atom. The first-order valence-electron chi connectivity index (χ1n) is 6.27. The molecule has 0 aliphatic heterocycles. The second kappa shape index (κ2) is 9.55. The van der Waals surface area contributed by atoms with E-state index in [4.69, 9.17) is 0 Å². The Hall–Kier alpha value is -1.36. The van der Waals surface area contributed by atoms with Gasteiger partial charge in [0.2, 0.25) is 5.91 Å². The van der Waals surface area contributed by atoms with Gasteiger partial charge in [0.25, 0.3) is 0 Å². The molecule has 106 valence electrons. The Morgan fingerprint density at radius 3 is 2.37 bits per heavy atom. The maximum absolute atomic E-state index is 11.9. The van der Waals surface area contributed by atoms with Gasteiger partial charge in [-0.2, -0.15) is 0 Å². The smallest absolute Gasteiger partial charge is 0.217 e. The summed E-state index contributed by atoms with van der Waals surface area (Å²) in [6.45, 7) is 5.01. The zero-order valence-electron chi connectivity index (χ0n) is 11.6. The Kier molecular flexibility index (Phi) is 8.87. The summed E-state index contributed by atoms with van der Waals surface area (Å²) in [6, 6.07) is -0.570. The van der Waals surface area contributed by atoms with Gasteiger partial charge in [-0.1, -0.05) is 31.6 Å². The van der Waals surface area contributed by atoms with Crippen molar-refractivity contribution in [2.45, 2.75) is 39.7 Å². The maximum Gasteiger partial charge on any atom is 0.217 e. The lowest BCUT2D eigenvalue weighted by molar-refractivity contribution is -0.127. The molecule has 0 fully saturated rings. The summed E-state index contributed by atoms with van der Waals surface area (Å²) in [7, 11) is 0. The first kappa shape index (κ1) is 17.6. The van der Waals surface area contributed by atoms with Crippen molar-refractivity contribution in [2.75, 3.05) is 0 Å². The van der Waals surface area contributed by atoms with Gasteiger partial charge in [0.15, 0.2) is 10.9 Å². The fourth-order valence-electron chi connectivity index (χ4n) is 1.58. The van der Waals surface area contributed by atoms with Gasteiger partial charge in [-0.3, -0.25) is 14.4 Å². The minimum atomic E-state index is -0.956. The van der Waals surface area contributed by atoms with E-state index in [1.54, 1.807) is 19.1 Å². The molecule has 4 nitrogen and oxygen atoms in total. The number of nitrogens with one attached hydrogen (secondary N) is 1. The van der Waals surface area contributed by atoms with Crippen LogP contribution in [0.1, 0.15) is 33.6 Å². The Labute approximate surface area is 119 Å². The van der Waals surface area contributed by atoms with Crippen molar-refractivity contribution >= 4 is 29.4 Å². The van der Waals surface area contributed by atoms with Crippen LogP contribution in [0.3, 0.4) is 0 Å². The molecule has 0 rings (SSSR count). The first-order chi connectivity index (χ1) is 8.90. The van der Waals surface area contributed by atoms with Crippen LogP contribution in [-0.4, -0.2) is 22.8 Å². The van der Waals surface area contributed by atoms with Crippen molar-refractivity contribution in [2.24, 2.45) is 5.92 Å². The van der Waals surface area contributed by atoms with Gasteiger partial charge in [0.1, 0.15) is 5.92 Å². The van der Waals surface area contributed by atoms with Gasteiger partial charge in [-0.25, -0.2) is 0 Å². The molecule has 0 aromatic heterocycles. The van der Waals surface area contributed by atoms with E-state index in [9.17, 15) is 14.4 Å². The van der Waals surface area contributed by atoms with E-state index in [-0.39, 0.29) is 11.7 Å². The molecular weight excluding hydrogens is 262 g/mol. The predicted octanol–water partition coefficient (Wildman–Crippen LogP) is 2.07. The van der Waals surface area contributed by atoms with Crippen molar-refractivity contribution in [3.8, 4) is 0 Å². The Morgan fingerprint density at radius 1 is 1.26 bits per heavy atom. The van der Waals surface area contributed by atoms with E-state index in [1.165, 1.54) is 13.0 Å². The Balaban J connectivity index is 4.67. The third kappa shape index (κ3) is 7.62. The van der Waals surface area contributed by atoms with Crippen LogP contribution in [0, 0.1) is 5.92 Å². The number of allylic oxidation sites excluding steroid dienone is 4. The number of ketones is 1. The highest BCUT2D eigenvalue weighted by Crippen LogP contribution is 2.10. The van der Waals surface area contributed by atoms with Crippen molar-refractivity contribution in [3.63, 3.8) is 0 Å². The van der Waals surface area contributed by atoms with Gasteiger partial charge in [-0.05, 0) is 19.4 Å². The molecule has 19 heavy (non-hydrogen) atoms. The normalized spacial score (nSPS) is 14.5. The van der Waals surface area contributed by atoms with E-state index >= 15 is 0 Å². The van der Waals surface area contributed by atoms with Crippen LogP contribution >= 0.6 is 12.6 Å². The maximum atomic E-state index is 11.9. The average molecular weight is 283 g/mol. The Bertz CT molecular complexity index is 388. The van der Waals surface area contributed by atoms with Crippen LogP contribution in [0.15, 0.2) is 24.3 Å². The number of hydrogen-bond acceptors (Lipinski definition) is 3. The summed E-state index contributed by atoms with van der Waals surface area (Å²) in [6.07, 6.45) is 8.62. The minimum Gasteiger partial charge on any atom is -0.353 e. The lowest BCUT2D eigenvalue weighted by Gasteiger charge is -2.19. The number of amides is 1. The monoisotopic (exact) mass is 283 g/mol. The number of hydrogen-bond donors (Lipinski definition) is 2. The topological polar surface area (TPSA) is 63.2 Å². The minimum absolute atomic E-state index is 0.285. The third-order valence-electron chi connectivity index (χ3n) is 2.47. The molecule has 0 bridgehead atoms. The number of carbonyl (C=O) groups is 3. The van der Waals surface area contributed by atoms with Crippen LogP contribution in [0.5, 0.6) is 0 Å². The van der Waals surface area contributed by atoms with Gasteiger partial charge < -0.3 is 5.32 Å². The van der Waals surface area contributed by atoms with E-state index < -0.39 is 17.1 Å². The summed E-state index contributed by atoms with van der Waals surface area (Å²) >= 11 is 3.71. The molecule has 2 atom stereocenters. The second-order valence-corrected chi connectivity index (χ2v) is 4.72. The van der Waals surface area contributed by atoms with Crippen molar-refractivity contribution in [1.82, 2.24) is 5.32 Å². The summed E-state index contributed by atoms with van der Waals surface area (Å²) < 4.78 is 0. The fourth-order valence-corrected chi connectivity index (χ4v) is 1.93. The zero-order chi connectivity index (χ0) is 14.8. The van der Waals surface area contributed by atoms with Crippen LogP contribution in [0.4, 0.5) is 0 Å². The number of carbonyl (C=O) groups excluding carboxylic acids is 3. The molecule has 1 amide bonds.